The Morgan fingerprint density at radius 3 is 1.95 bits per heavy atom. The summed E-state index contributed by atoms with van der Waals surface area (Å²) in [5.41, 5.74) is 2.06. The molecule has 1 unspecified atom stereocenters. The number of hydrogen-bond donors (Lipinski definition) is 0. The van der Waals surface area contributed by atoms with Crippen molar-refractivity contribution in [3.05, 3.63) is 47.5 Å². The van der Waals surface area contributed by atoms with Gasteiger partial charge in [-0.1, -0.05) is 71.9 Å². The highest BCUT2D eigenvalue weighted by Gasteiger charge is 2.04. The van der Waals surface area contributed by atoms with Crippen LogP contribution in [0.1, 0.15) is 76.7 Å². The highest BCUT2D eigenvalue weighted by molar-refractivity contribution is 6.04. The van der Waals surface area contributed by atoms with Gasteiger partial charge in [-0.3, -0.25) is 4.79 Å². The number of carbonyl (C=O) groups excluding carboxylic acids is 1. The minimum absolute atomic E-state index is 0.0770. The van der Waals surface area contributed by atoms with Crippen LogP contribution in [0.25, 0.3) is 0 Å². The summed E-state index contributed by atoms with van der Waals surface area (Å²) in [4.78, 5) is 11.5. The fourth-order valence-electron chi connectivity index (χ4n) is 1.46. The van der Waals surface area contributed by atoms with Crippen molar-refractivity contribution < 1.29 is 4.79 Å². The van der Waals surface area contributed by atoms with E-state index in [2.05, 4.69) is 13.8 Å². The molecular weight excluding hydrogens is 232 g/mol. The molecule has 1 aromatic rings. The highest BCUT2D eigenvalue weighted by Crippen LogP contribution is 2.18. The van der Waals surface area contributed by atoms with Crippen molar-refractivity contribution in [1.29, 1.82) is 0 Å². The molecule has 0 aliphatic rings. The van der Waals surface area contributed by atoms with Gasteiger partial charge < -0.3 is 0 Å². The van der Waals surface area contributed by atoms with Crippen LogP contribution in [-0.2, 0) is 0 Å². The van der Waals surface area contributed by atoms with E-state index in [1.165, 1.54) is 5.56 Å². The maximum absolute atomic E-state index is 11.5. The normalized spacial score (nSPS) is 10.9. The van der Waals surface area contributed by atoms with Gasteiger partial charge in [0.05, 0.1) is 0 Å². The molecule has 0 N–H and O–H groups in total. The third-order valence-electron chi connectivity index (χ3n) is 2.69. The summed E-state index contributed by atoms with van der Waals surface area (Å²) in [6.45, 7) is 14.2. The Balaban J connectivity index is 0. The van der Waals surface area contributed by atoms with E-state index in [-0.39, 0.29) is 5.78 Å². The topological polar surface area (TPSA) is 17.1 Å². The van der Waals surface area contributed by atoms with E-state index in [0.29, 0.717) is 5.92 Å². The third kappa shape index (κ3) is 7.61. The summed E-state index contributed by atoms with van der Waals surface area (Å²) in [6, 6.07) is 7.91. The van der Waals surface area contributed by atoms with Crippen LogP contribution >= 0.6 is 0 Å². The molecule has 1 aromatic carbocycles. The Kier molecular flexibility index (Phi) is 13.7. The van der Waals surface area contributed by atoms with Crippen LogP contribution in [0.15, 0.2) is 36.4 Å². The summed E-state index contributed by atoms with van der Waals surface area (Å²) in [5.74, 6) is 0.643. The molecule has 108 valence electrons. The average molecular weight is 262 g/mol. The fraction of sp³-hybridized carbons (Fsp3) is 0.500. The van der Waals surface area contributed by atoms with E-state index in [0.717, 1.165) is 12.0 Å². The SMILES string of the molecule is C/C=C/C(=O)c1ccc(C(C)CC)cc1.CC.CC. The summed E-state index contributed by atoms with van der Waals surface area (Å²) in [7, 11) is 0. The monoisotopic (exact) mass is 262 g/mol. The first-order valence-electron chi connectivity index (χ1n) is 7.46. The van der Waals surface area contributed by atoms with Gasteiger partial charge in [-0.25, -0.2) is 0 Å². The van der Waals surface area contributed by atoms with E-state index in [1.54, 1.807) is 12.2 Å². The predicted octanol–water partition coefficient (Wildman–Crippen LogP) is 6.01. The summed E-state index contributed by atoms with van der Waals surface area (Å²) < 4.78 is 0. The van der Waals surface area contributed by atoms with Crippen molar-refractivity contribution in [2.75, 3.05) is 0 Å². The van der Waals surface area contributed by atoms with E-state index in [1.807, 2.05) is 58.9 Å². The maximum Gasteiger partial charge on any atom is 0.185 e. The van der Waals surface area contributed by atoms with Crippen LogP contribution in [0.2, 0.25) is 0 Å². The lowest BCUT2D eigenvalue weighted by Gasteiger charge is -2.08. The van der Waals surface area contributed by atoms with Gasteiger partial charge in [-0.05, 0) is 30.9 Å². The predicted molar refractivity (Wildman–Crippen MR) is 87.0 cm³/mol. The molecule has 19 heavy (non-hydrogen) atoms. The summed E-state index contributed by atoms with van der Waals surface area (Å²) in [6.07, 6.45) is 4.49. The first-order valence-corrected chi connectivity index (χ1v) is 7.46. The number of rotatable bonds is 4. The second kappa shape index (κ2) is 13.1. The van der Waals surface area contributed by atoms with Gasteiger partial charge in [0.15, 0.2) is 5.78 Å². The zero-order valence-electron chi connectivity index (χ0n) is 13.7. The van der Waals surface area contributed by atoms with E-state index >= 15 is 0 Å². The van der Waals surface area contributed by atoms with Crippen molar-refractivity contribution in [2.45, 2.75) is 60.8 Å². The van der Waals surface area contributed by atoms with Gasteiger partial charge in [0.2, 0.25) is 0 Å². The van der Waals surface area contributed by atoms with Crippen molar-refractivity contribution >= 4 is 5.78 Å². The first-order chi connectivity index (χ1) is 9.19. The lowest BCUT2D eigenvalue weighted by atomic mass is 9.97. The van der Waals surface area contributed by atoms with E-state index in [9.17, 15) is 4.79 Å². The molecule has 0 aromatic heterocycles. The molecule has 1 heteroatoms. The molecule has 0 spiro atoms. The van der Waals surface area contributed by atoms with Crippen molar-refractivity contribution in [2.24, 2.45) is 0 Å². The molecule has 0 heterocycles. The maximum atomic E-state index is 11.5. The molecule has 0 aliphatic heterocycles. The van der Waals surface area contributed by atoms with Gasteiger partial charge in [-0.15, -0.1) is 0 Å². The number of hydrogen-bond acceptors (Lipinski definition) is 1. The molecule has 0 aliphatic carbocycles. The minimum atomic E-state index is 0.0770. The minimum Gasteiger partial charge on any atom is -0.289 e. The van der Waals surface area contributed by atoms with Gasteiger partial charge in [0, 0.05) is 5.56 Å². The van der Waals surface area contributed by atoms with E-state index in [4.69, 9.17) is 0 Å². The number of allylic oxidation sites excluding steroid dienone is 2. The summed E-state index contributed by atoms with van der Waals surface area (Å²) >= 11 is 0. The van der Waals surface area contributed by atoms with Crippen molar-refractivity contribution in [1.82, 2.24) is 0 Å². The van der Waals surface area contributed by atoms with Crippen molar-refractivity contribution in [3.63, 3.8) is 0 Å². The molecule has 0 radical (unpaired) electrons. The van der Waals surface area contributed by atoms with Crippen LogP contribution in [0, 0.1) is 0 Å². The van der Waals surface area contributed by atoms with Crippen LogP contribution in [0.5, 0.6) is 0 Å². The van der Waals surface area contributed by atoms with Crippen LogP contribution in [-0.4, -0.2) is 5.78 Å². The highest BCUT2D eigenvalue weighted by atomic mass is 16.1. The molecule has 1 atom stereocenters. The lowest BCUT2D eigenvalue weighted by molar-refractivity contribution is 0.104. The lowest BCUT2D eigenvalue weighted by Crippen LogP contribution is -1.96. The molecule has 1 rings (SSSR count). The molecule has 0 bridgehead atoms. The number of ketones is 1. The first kappa shape index (κ1) is 20.0. The van der Waals surface area contributed by atoms with E-state index < -0.39 is 0 Å². The quantitative estimate of drug-likeness (QED) is 0.479. The molecule has 0 amide bonds. The zero-order chi connectivity index (χ0) is 15.3. The Morgan fingerprint density at radius 2 is 1.58 bits per heavy atom. The van der Waals surface area contributed by atoms with Gasteiger partial charge >= 0.3 is 0 Å². The molecule has 0 saturated heterocycles. The standard InChI is InChI=1S/C14H18O.2C2H6/c1-4-6-14(15)13-9-7-12(8-10-13)11(3)5-2;2*1-2/h4,6-11H,5H2,1-3H3;2*1-2H3/b6-4+;;. The van der Waals surface area contributed by atoms with Gasteiger partial charge in [0.1, 0.15) is 0 Å². The Labute approximate surface area is 119 Å². The zero-order valence-corrected chi connectivity index (χ0v) is 13.7. The van der Waals surface area contributed by atoms with Crippen LogP contribution in [0.3, 0.4) is 0 Å². The summed E-state index contributed by atoms with van der Waals surface area (Å²) in [5, 5.41) is 0. The fourth-order valence-corrected chi connectivity index (χ4v) is 1.46. The molecular formula is C18H30O. The average Bonchev–Trinajstić information content (AvgIpc) is 2.51. The van der Waals surface area contributed by atoms with Gasteiger partial charge in [0.25, 0.3) is 0 Å². The Morgan fingerprint density at radius 1 is 1.11 bits per heavy atom. The molecule has 0 fully saturated rings. The molecule has 0 saturated carbocycles. The van der Waals surface area contributed by atoms with Crippen molar-refractivity contribution in [3.8, 4) is 0 Å². The Bertz CT molecular complexity index is 346. The second-order valence-corrected chi connectivity index (χ2v) is 3.80. The number of benzene rings is 1. The Hall–Kier alpha value is -1.37. The van der Waals surface area contributed by atoms with Crippen LogP contribution < -0.4 is 0 Å². The molecule has 1 nitrogen and oxygen atoms in total. The second-order valence-electron chi connectivity index (χ2n) is 3.80. The smallest absolute Gasteiger partial charge is 0.185 e. The largest absolute Gasteiger partial charge is 0.289 e. The number of carbonyl (C=O) groups is 1. The van der Waals surface area contributed by atoms with Crippen LogP contribution in [0.4, 0.5) is 0 Å². The third-order valence-corrected chi connectivity index (χ3v) is 2.69. The van der Waals surface area contributed by atoms with Gasteiger partial charge in [-0.2, -0.15) is 0 Å².